The number of likely N-dealkylation sites (N-methyl/N-ethyl adjacent to an activating group) is 1. The summed E-state index contributed by atoms with van der Waals surface area (Å²) < 4.78 is 0. The van der Waals surface area contributed by atoms with Crippen LogP contribution in [0.4, 0.5) is 0 Å². The molecule has 0 aliphatic rings. The molecule has 2 aromatic heterocycles. The first-order valence-electron chi connectivity index (χ1n) is 4.95. The number of nitrogens with one attached hydrogen (secondary N) is 1. The minimum atomic E-state index is 0.200. The van der Waals surface area contributed by atoms with Gasteiger partial charge in [0, 0.05) is 17.8 Å². The standard InChI is InChI=1S/C11H12ClN3S/c1-13-10(11-6-16-7-15-11)4-8-2-3-14-5-9(8)12/h2-3,5-7,10,13H,4H2,1H3. The molecule has 1 N–H and O–H groups in total. The summed E-state index contributed by atoms with van der Waals surface area (Å²) in [5, 5.41) is 6.00. The fourth-order valence-electron chi connectivity index (χ4n) is 1.54. The van der Waals surface area contributed by atoms with Crippen LogP contribution >= 0.6 is 22.9 Å². The van der Waals surface area contributed by atoms with Crippen LogP contribution in [0.5, 0.6) is 0 Å². The van der Waals surface area contributed by atoms with E-state index in [1.165, 1.54) is 0 Å². The van der Waals surface area contributed by atoms with Gasteiger partial charge in [0.2, 0.25) is 0 Å². The van der Waals surface area contributed by atoms with E-state index in [9.17, 15) is 0 Å². The molecule has 0 spiro atoms. The maximum absolute atomic E-state index is 6.08. The second-order valence-electron chi connectivity index (χ2n) is 3.43. The lowest BCUT2D eigenvalue weighted by Crippen LogP contribution is -2.19. The summed E-state index contributed by atoms with van der Waals surface area (Å²) in [6.07, 6.45) is 4.25. The molecule has 2 heterocycles. The normalized spacial score (nSPS) is 12.6. The molecule has 1 unspecified atom stereocenters. The molecule has 0 saturated heterocycles. The van der Waals surface area contributed by atoms with Crippen molar-refractivity contribution < 1.29 is 0 Å². The Balaban J connectivity index is 2.17. The SMILES string of the molecule is CNC(Cc1ccncc1Cl)c1cscn1. The molecular weight excluding hydrogens is 242 g/mol. The first-order valence-corrected chi connectivity index (χ1v) is 6.27. The Kier molecular flexibility index (Phi) is 3.88. The van der Waals surface area contributed by atoms with Crippen molar-refractivity contribution in [2.75, 3.05) is 7.05 Å². The average Bonchev–Trinajstić information content (AvgIpc) is 2.81. The van der Waals surface area contributed by atoms with Gasteiger partial charge in [0.05, 0.1) is 22.3 Å². The van der Waals surface area contributed by atoms with Crippen LogP contribution in [0, 0.1) is 0 Å². The number of pyridine rings is 1. The van der Waals surface area contributed by atoms with Gasteiger partial charge in [0.25, 0.3) is 0 Å². The first-order chi connectivity index (χ1) is 7.81. The maximum Gasteiger partial charge on any atom is 0.0795 e. The average molecular weight is 254 g/mol. The van der Waals surface area contributed by atoms with Crippen molar-refractivity contribution in [1.29, 1.82) is 0 Å². The number of hydrogen-bond acceptors (Lipinski definition) is 4. The van der Waals surface area contributed by atoms with Crippen LogP contribution in [0.3, 0.4) is 0 Å². The lowest BCUT2D eigenvalue weighted by Gasteiger charge is -2.14. The fourth-order valence-corrected chi connectivity index (χ4v) is 2.34. The van der Waals surface area contributed by atoms with E-state index in [1.54, 1.807) is 23.7 Å². The van der Waals surface area contributed by atoms with Gasteiger partial charge < -0.3 is 5.32 Å². The summed E-state index contributed by atoms with van der Waals surface area (Å²) in [6.45, 7) is 0. The molecule has 0 amide bonds. The van der Waals surface area contributed by atoms with E-state index < -0.39 is 0 Å². The van der Waals surface area contributed by atoms with Crippen molar-refractivity contribution in [2.45, 2.75) is 12.5 Å². The zero-order chi connectivity index (χ0) is 11.4. The Hall–Kier alpha value is -0.970. The molecule has 2 rings (SSSR count). The Morgan fingerprint density at radius 1 is 1.56 bits per heavy atom. The van der Waals surface area contributed by atoms with E-state index in [2.05, 4.69) is 20.7 Å². The highest BCUT2D eigenvalue weighted by Crippen LogP contribution is 2.22. The van der Waals surface area contributed by atoms with E-state index in [0.29, 0.717) is 5.02 Å². The Morgan fingerprint density at radius 2 is 2.44 bits per heavy atom. The van der Waals surface area contributed by atoms with Crippen molar-refractivity contribution in [3.8, 4) is 0 Å². The molecule has 5 heteroatoms. The van der Waals surface area contributed by atoms with Crippen LogP contribution < -0.4 is 5.32 Å². The zero-order valence-corrected chi connectivity index (χ0v) is 10.4. The number of aromatic nitrogens is 2. The molecule has 0 saturated carbocycles. The third-order valence-electron chi connectivity index (χ3n) is 2.44. The second kappa shape index (κ2) is 5.39. The summed E-state index contributed by atoms with van der Waals surface area (Å²) in [4.78, 5) is 8.29. The molecule has 0 bridgehead atoms. The smallest absolute Gasteiger partial charge is 0.0795 e. The summed E-state index contributed by atoms with van der Waals surface area (Å²) in [5.74, 6) is 0. The van der Waals surface area contributed by atoms with Gasteiger partial charge in [0.15, 0.2) is 0 Å². The monoisotopic (exact) mass is 253 g/mol. The molecule has 0 aliphatic carbocycles. The second-order valence-corrected chi connectivity index (χ2v) is 4.55. The number of hydrogen-bond donors (Lipinski definition) is 1. The van der Waals surface area contributed by atoms with Crippen molar-refractivity contribution in [3.05, 3.63) is 45.6 Å². The van der Waals surface area contributed by atoms with Gasteiger partial charge in [-0.05, 0) is 25.1 Å². The number of thiazole rings is 1. The fraction of sp³-hybridized carbons (Fsp3) is 0.273. The number of nitrogens with zero attached hydrogens (tertiary/aromatic N) is 2. The largest absolute Gasteiger partial charge is 0.311 e. The summed E-state index contributed by atoms with van der Waals surface area (Å²) in [5.41, 5.74) is 3.98. The maximum atomic E-state index is 6.08. The first kappa shape index (κ1) is 11.5. The van der Waals surface area contributed by atoms with Crippen LogP contribution in [-0.4, -0.2) is 17.0 Å². The summed E-state index contributed by atoms with van der Waals surface area (Å²) in [6, 6.07) is 2.14. The van der Waals surface area contributed by atoms with Crippen molar-refractivity contribution in [3.63, 3.8) is 0 Å². The van der Waals surface area contributed by atoms with E-state index in [0.717, 1.165) is 17.7 Å². The quantitative estimate of drug-likeness (QED) is 0.911. The third kappa shape index (κ3) is 2.58. The molecular formula is C11H12ClN3S. The Labute approximate surface area is 104 Å². The molecule has 0 aliphatic heterocycles. The van der Waals surface area contributed by atoms with Gasteiger partial charge in [-0.1, -0.05) is 11.6 Å². The van der Waals surface area contributed by atoms with Crippen LogP contribution in [0.2, 0.25) is 5.02 Å². The lowest BCUT2D eigenvalue weighted by molar-refractivity contribution is 0.579. The summed E-state index contributed by atoms with van der Waals surface area (Å²) >= 11 is 7.68. The number of halogens is 1. The molecule has 0 aromatic carbocycles. The van der Waals surface area contributed by atoms with E-state index in [-0.39, 0.29) is 6.04 Å². The minimum Gasteiger partial charge on any atom is -0.311 e. The molecule has 3 nitrogen and oxygen atoms in total. The lowest BCUT2D eigenvalue weighted by atomic mass is 10.1. The van der Waals surface area contributed by atoms with Gasteiger partial charge >= 0.3 is 0 Å². The Bertz CT molecular complexity index is 444. The predicted octanol–water partition coefficient (Wildman–Crippen LogP) is 2.69. The highest BCUT2D eigenvalue weighted by molar-refractivity contribution is 7.07. The van der Waals surface area contributed by atoms with Crippen LogP contribution in [0.1, 0.15) is 17.3 Å². The van der Waals surface area contributed by atoms with E-state index in [4.69, 9.17) is 11.6 Å². The van der Waals surface area contributed by atoms with E-state index >= 15 is 0 Å². The molecule has 0 fully saturated rings. The highest BCUT2D eigenvalue weighted by atomic mass is 35.5. The van der Waals surface area contributed by atoms with Crippen LogP contribution in [-0.2, 0) is 6.42 Å². The van der Waals surface area contributed by atoms with Crippen molar-refractivity contribution in [2.24, 2.45) is 0 Å². The summed E-state index contributed by atoms with van der Waals surface area (Å²) in [7, 11) is 1.93. The van der Waals surface area contributed by atoms with Gasteiger partial charge in [-0.3, -0.25) is 4.98 Å². The van der Waals surface area contributed by atoms with Crippen LogP contribution in [0.15, 0.2) is 29.4 Å². The topological polar surface area (TPSA) is 37.8 Å². The zero-order valence-electron chi connectivity index (χ0n) is 8.85. The third-order valence-corrected chi connectivity index (χ3v) is 3.38. The highest BCUT2D eigenvalue weighted by Gasteiger charge is 2.13. The Morgan fingerprint density at radius 3 is 3.06 bits per heavy atom. The van der Waals surface area contributed by atoms with Gasteiger partial charge in [0.1, 0.15) is 0 Å². The molecule has 2 aromatic rings. The van der Waals surface area contributed by atoms with Crippen molar-refractivity contribution in [1.82, 2.24) is 15.3 Å². The minimum absolute atomic E-state index is 0.200. The van der Waals surface area contributed by atoms with Gasteiger partial charge in [-0.15, -0.1) is 11.3 Å². The van der Waals surface area contributed by atoms with Crippen molar-refractivity contribution >= 4 is 22.9 Å². The predicted molar refractivity (Wildman–Crippen MR) is 66.9 cm³/mol. The van der Waals surface area contributed by atoms with Gasteiger partial charge in [-0.25, -0.2) is 4.98 Å². The molecule has 0 radical (unpaired) electrons. The van der Waals surface area contributed by atoms with E-state index in [1.807, 2.05) is 18.6 Å². The van der Waals surface area contributed by atoms with Gasteiger partial charge in [-0.2, -0.15) is 0 Å². The molecule has 84 valence electrons. The van der Waals surface area contributed by atoms with Crippen LogP contribution in [0.25, 0.3) is 0 Å². The number of rotatable bonds is 4. The molecule has 1 atom stereocenters. The molecule has 16 heavy (non-hydrogen) atoms.